The van der Waals surface area contributed by atoms with E-state index in [-0.39, 0.29) is 0 Å². The number of benzene rings is 1. The second-order valence-corrected chi connectivity index (χ2v) is 3.83. The van der Waals surface area contributed by atoms with Crippen LogP contribution in [0.1, 0.15) is 30.7 Å². The molecule has 1 heterocycles. The number of aromatic nitrogens is 3. The second-order valence-electron chi connectivity index (χ2n) is 3.83. The van der Waals surface area contributed by atoms with Crippen LogP contribution in [0.4, 0.5) is 0 Å². The highest BCUT2D eigenvalue weighted by Gasteiger charge is 2.09. The van der Waals surface area contributed by atoms with Crippen LogP contribution in [0.2, 0.25) is 0 Å². The van der Waals surface area contributed by atoms with Crippen LogP contribution in [0.15, 0.2) is 12.1 Å². The number of hydrogen-bond donors (Lipinski definition) is 1. The summed E-state index contributed by atoms with van der Waals surface area (Å²) in [4.78, 5) is 1.38. The van der Waals surface area contributed by atoms with E-state index in [0.717, 1.165) is 11.0 Å². The summed E-state index contributed by atoms with van der Waals surface area (Å²) >= 11 is 0. The minimum atomic E-state index is -0.627. The first-order valence-corrected chi connectivity index (χ1v) is 5.13. The average molecular weight is 205 g/mol. The Hall–Kier alpha value is -1.42. The molecule has 2 aromatic rings. The van der Waals surface area contributed by atoms with Crippen LogP contribution >= 0.6 is 0 Å². The van der Waals surface area contributed by atoms with Crippen LogP contribution in [0.5, 0.6) is 0 Å². The second kappa shape index (κ2) is 3.62. The van der Waals surface area contributed by atoms with Crippen LogP contribution in [0.25, 0.3) is 11.0 Å². The van der Waals surface area contributed by atoms with Crippen LogP contribution < -0.4 is 0 Å². The third-order valence-corrected chi connectivity index (χ3v) is 2.64. The van der Waals surface area contributed by atoms with Gasteiger partial charge in [-0.05, 0) is 43.5 Å². The summed E-state index contributed by atoms with van der Waals surface area (Å²) < 4.78 is 0. The molecule has 4 heteroatoms. The molecule has 1 N–H and O–H groups in total. The van der Waals surface area contributed by atoms with E-state index in [1.54, 1.807) is 0 Å². The maximum atomic E-state index is 9.61. The van der Waals surface area contributed by atoms with E-state index in [2.05, 4.69) is 10.2 Å². The number of aliphatic hydroxyl groups excluding tert-OH is 1. The van der Waals surface area contributed by atoms with Gasteiger partial charge in [0, 0.05) is 0 Å². The molecule has 0 radical (unpaired) electrons. The number of rotatable bonds is 2. The Bertz CT molecular complexity index is 451. The van der Waals surface area contributed by atoms with Crippen molar-refractivity contribution < 1.29 is 5.11 Å². The fraction of sp³-hybridized carbons (Fsp3) is 0.455. The van der Waals surface area contributed by atoms with E-state index in [0.29, 0.717) is 6.42 Å². The zero-order valence-electron chi connectivity index (χ0n) is 9.23. The lowest BCUT2D eigenvalue weighted by molar-refractivity contribution is 0.0729. The van der Waals surface area contributed by atoms with Crippen molar-refractivity contribution in [3.05, 3.63) is 23.3 Å². The van der Waals surface area contributed by atoms with Crippen LogP contribution in [0.3, 0.4) is 0 Å². The van der Waals surface area contributed by atoms with Crippen molar-refractivity contribution >= 4 is 11.0 Å². The average Bonchev–Trinajstić information content (AvgIpc) is 2.60. The first kappa shape index (κ1) is 10.1. The van der Waals surface area contributed by atoms with Crippen molar-refractivity contribution in [3.8, 4) is 0 Å². The van der Waals surface area contributed by atoms with E-state index >= 15 is 0 Å². The van der Waals surface area contributed by atoms with E-state index in [1.807, 2.05) is 32.9 Å². The van der Waals surface area contributed by atoms with Crippen molar-refractivity contribution in [2.45, 2.75) is 33.4 Å². The third-order valence-electron chi connectivity index (χ3n) is 2.64. The molecule has 80 valence electrons. The smallest absolute Gasteiger partial charge is 0.165 e. The lowest BCUT2D eigenvalue weighted by Gasteiger charge is -2.03. The van der Waals surface area contributed by atoms with Crippen LogP contribution in [0, 0.1) is 13.8 Å². The number of fused-ring (bicyclic) bond motifs is 1. The van der Waals surface area contributed by atoms with Gasteiger partial charge < -0.3 is 5.11 Å². The Balaban J connectivity index is 2.56. The molecule has 0 aliphatic heterocycles. The van der Waals surface area contributed by atoms with Gasteiger partial charge in [0.25, 0.3) is 0 Å². The fourth-order valence-electron chi connectivity index (χ4n) is 1.49. The van der Waals surface area contributed by atoms with E-state index in [1.165, 1.54) is 15.9 Å². The Labute approximate surface area is 88.5 Å². The predicted octanol–water partition coefficient (Wildman–Crippen LogP) is 1.95. The summed E-state index contributed by atoms with van der Waals surface area (Å²) in [7, 11) is 0. The molecule has 0 saturated carbocycles. The van der Waals surface area contributed by atoms with Crippen molar-refractivity contribution in [1.29, 1.82) is 0 Å². The molecule has 15 heavy (non-hydrogen) atoms. The normalized spacial score (nSPS) is 13.3. The summed E-state index contributed by atoms with van der Waals surface area (Å²) in [5.74, 6) is 0. The van der Waals surface area contributed by atoms with Crippen molar-refractivity contribution in [2.75, 3.05) is 0 Å². The van der Waals surface area contributed by atoms with Gasteiger partial charge in [-0.15, -0.1) is 0 Å². The molecule has 0 aliphatic rings. The van der Waals surface area contributed by atoms with Gasteiger partial charge in [-0.1, -0.05) is 6.92 Å². The van der Waals surface area contributed by atoms with Gasteiger partial charge in [0.15, 0.2) is 6.23 Å². The highest BCUT2D eigenvalue weighted by atomic mass is 16.3. The maximum absolute atomic E-state index is 9.61. The zero-order chi connectivity index (χ0) is 11.0. The molecule has 1 unspecified atom stereocenters. The lowest BCUT2D eigenvalue weighted by Crippen LogP contribution is -2.09. The summed E-state index contributed by atoms with van der Waals surface area (Å²) in [5.41, 5.74) is 4.07. The van der Waals surface area contributed by atoms with E-state index in [4.69, 9.17) is 0 Å². The first-order valence-electron chi connectivity index (χ1n) is 5.13. The topological polar surface area (TPSA) is 50.9 Å². The largest absolute Gasteiger partial charge is 0.370 e. The Morgan fingerprint density at radius 2 is 1.67 bits per heavy atom. The maximum Gasteiger partial charge on any atom is 0.165 e. The van der Waals surface area contributed by atoms with Crippen molar-refractivity contribution in [3.63, 3.8) is 0 Å². The van der Waals surface area contributed by atoms with Gasteiger partial charge in [0.1, 0.15) is 11.0 Å². The summed E-state index contributed by atoms with van der Waals surface area (Å²) in [5, 5.41) is 18.1. The lowest BCUT2D eigenvalue weighted by atomic mass is 10.1. The molecule has 4 nitrogen and oxygen atoms in total. The molecule has 0 fully saturated rings. The number of hydrogen-bond acceptors (Lipinski definition) is 3. The van der Waals surface area contributed by atoms with E-state index < -0.39 is 6.23 Å². The third kappa shape index (κ3) is 1.72. The molecule has 0 spiro atoms. The number of aliphatic hydroxyl groups is 1. The SMILES string of the molecule is CCC(O)n1nc2cc(C)c(C)cc2n1. The Morgan fingerprint density at radius 3 is 2.07 bits per heavy atom. The Kier molecular flexibility index (Phi) is 2.44. The standard InChI is InChI=1S/C11H15N3O/c1-4-11(15)14-12-9-5-7(2)8(3)6-10(9)13-14/h5-6,11,15H,4H2,1-3H3. The highest BCUT2D eigenvalue weighted by Crippen LogP contribution is 2.17. The van der Waals surface area contributed by atoms with Gasteiger partial charge in [0.05, 0.1) is 0 Å². The predicted molar refractivity (Wildman–Crippen MR) is 58.5 cm³/mol. The van der Waals surface area contributed by atoms with Crippen molar-refractivity contribution in [1.82, 2.24) is 15.0 Å². The van der Waals surface area contributed by atoms with Gasteiger partial charge >= 0.3 is 0 Å². The molecule has 1 atom stereocenters. The monoisotopic (exact) mass is 205 g/mol. The fourth-order valence-corrected chi connectivity index (χ4v) is 1.49. The molecule has 1 aromatic heterocycles. The molecule has 0 bridgehead atoms. The number of nitrogens with zero attached hydrogens (tertiary/aromatic N) is 3. The zero-order valence-corrected chi connectivity index (χ0v) is 9.23. The number of aryl methyl sites for hydroxylation is 2. The molecule has 0 aliphatic carbocycles. The summed E-state index contributed by atoms with van der Waals surface area (Å²) in [6.07, 6.45) is -0.0168. The van der Waals surface area contributed by atoms with Gasteiger partial charge in [-0.3, -0.25) is 0 Å². The molecule has 2 rings (SSSR count). The van der Waals surface area contributed by atoms with Gasteiger partial charge in [-0.25, -0.2) is 0 Å². The molecular formula is C11H15N3O. The van der Waals surface area contributed by atoms with Gasteiger partial charge in [-0.2, -0.15) is 15.0 Å². The van der Waals surface area contributed by atoms with E-state index in [9.17, 15) is 5.11 Å². The molecule has 0 amide bonds. The minimum absolute atomic E-state index is 0.610. The molecule has 0 saturated heterocycles. The molecule has 1 aromatic carbocycles. The van der Waals surface area contributed by atoms with Crippen LogP contribution in [-0.2, 0) is 0 Å². The van der Waals surface area contributed by atoms with Gasteiger partial charge in [0.2, 0.25) is 0 Å². The summed E-state index contributed by atoms with van der Waals surface area (Å²) in [6.45, 7) is 5.99. The first-order chi connectivity index (χ1) is 7.11. The highest BCUT2D eigenvalue weighted by molar-refractivity contribution is 5.75. The van der Waals surface area contributed by atoms with Crippen molar-refractivity contribution in [2.24, 2.45) is 0 Å². The quantitative estimate of drug-likeness (QED) is 0.815. The molecular weight excluding hydrogens is 190 g/mol. The Morgan fingerprint density at radius 1 is 1.20 bits per heavy atom. The summed E-state index contributed by atoms with van der Waals surface area (Å²) in [6, 6.07) is 3.99. The minimum Gasteiger partial charge on any atom is -0.370 e. The van der Waals surface area contributed by atoms with Crippen LogP contribution in [-0.4, -0.2) is 20.1 Å².